The average molecular weight is 614 g/mol. The minimum absolute atomic E-state index is 0.123. The van der Waals surface area contributed by atoms with Crippen molar-refractivity contribution in [1.29, 1.82) is 0 Å². The summed E-state index contributed by atoms with van der Waals surface area (Å²) < 4.78 is 29.7. The molecule has 4 aromatic rings. The van der Waals surface area contributed by atoms with E-state index in [1.807, 2.05) is 6.07 Å². The molecule has 10 nitrogen and oxygen atoms in total. The molecule has 6 rings (SSSR count). The van der Waals surface area contributed by atoms with E-state index >= 15 is 4.39 Å². The predicted molar refractivity (Wildman–Crippen MR) is 169 cm³/mol. The highest BCUT2D eigenvalue weighted by molar-refractivity contribution is 6.04. The molecule has 2 aromatic carbocycles. The number of nitrogens with zero attached hydrogens (tertiary/aromatic N) is 3. The summed E-state index contributed by atoms with van der Waals surface area (Å²) in [4.78, 5) is 42.5. The van der Waals surface area contributed by atoms with E-state index < -0.39 is 23.0 Å². The number of aryl methyl sites for hydroxylation is 2. The average Bonchev–Trinajstić information content (AvgIpc) is 3.45. The van der Waals surface area contributed by atoms with E-state index in [9.17, 15) is 14.4 Å². The molecular weight excluding hydrogens is 577 g/mol. The van der Waals surface area contributed by atoms with E-state index in [2.05, 4.69) is 10.6 Å². The lowest BCUT2D eigenvalue weighted by molar-refractivity contribution is 0.0747. The zero-order valence-corrected chi connectivity index (χ0v) is 25.8. The van der Waals surface area contributed by atoms with E-state index in [0.717, 1.165) is 54.6 Å². The Labute approximate surface area is 259 Å². The van der Waals surface area contributed by atoms with Gasteiger partial charge >= 0.3 is 5.69 Å². The van der Waals surface area contributed by atoms with Crippen molar-refractivity contribution in [1.82, 2.24) is 19.4 Å². The molecule has 3 heterocycles. The SMILES string of the molecule is COc1nc(-c2cccc(-c3cccc(NC(=O)c4cn(C)c(=O)n(C)c4=O)c3C)c2F)cc2c1[C@H](NC1CCOCC1)CC2. The van der Waals surface area contributed by atoms with Gasteiger partial charge in [-0.25, -0.2) is 14.2 Å². The first-order valence-corrected chi connectivity index (χ1v) is 15.1. The predicted octanol–water partition coefficient (Wildman–Crippen LogP) is 4.28. The Morgan fingerprint density at radius 1 is 1.04 bits per heavy atom. The van der Waals surface area contributed by atoms with Crippen LogP contribution in [0, 0.1) is 12.7 Å². The second kappa shape index (κ2) is 12.4. The molecule has 1 aliphatic heterocycles. The van der Waals surface area contributed by atoms with Crippen LogP contribution in [0.1, 0.15) is 52.4 Å². The number of amides is 1. The number of rotatable bonds is 7. The van der Waals surface area contributed by atoms with Crippen molar-refractivity contribution in [2.24, 2.45) is 14.1 Å². The van der Waals surface area contributed by atoms with E-state index in [-0.39, 0.29) is 11.6 Å². The van der Waals surface area contributed by atoms with Crippen molar-refractivity contribution in [3.8, 4) is 28.3 Å². The van der Waals surface area contributed by atoms with Crippen LogP contribution >= 0.6 is 0 Å². The molecule has 234 valence electrons. The van der Waals surface area contributed by atoms with E-state index in [0.29, 0.717) is 45.6 Å². The molecule has 0 spiro atoms. The Hall–Kier alpha value is -4.61. The fourth-order valence-corrected chi connectivity index (χ4v) is 6.37. The minimum Gasteiger partial charge on any atom is -0.481 e. The first-order chi connectivity index (χ1) is 21.7. The summed E-state index contributed by atoms with van der Waals surface area (Å²) in [5.41, 5.74) is 3.50. The summed E-state index contributed by atoms with van der Waals surface area (Å²) in [7, 11) is 4.38. The Balaban J connectivity index is 1.32. The molecule has 1 fully saturated rings. The summed E-state index contributed by atoms with van der Waals surface area (Å²) in [6.45, 7) is 3.29. The second-order valence-electron chi connectivity index (χ2n) is 11.6. The molecule has 45 heavy (non-hydrogen) atoms. The van der Waals surface area contributed by atoms with Gasteiger partial charge in [-0.3, -0.25) is 14.2 Å². The van der Waals surface area contributed by atoms with Crippen molar-refractivity contribution < 1.29 is 18.7 Å². The lowest BCUT2D eigenvalue weighted by atomic mass is 9.95. The fraction of sp³-hybridized carbons (Fsp3) is 0.353. The summed E-state index contributed by atoms with van der Waals surface area (Å²) in [5.74, 6) is -0.611. The van der Waals surface area contributed by atoms with E-state index in [1.54, 1.807) is 50.4 Å². The van der Waals surface area contributed by atoms with Crippen LogP contribution in [0.4, 0.5) is 10.1 Å². The Morgan fingerprint density at radius 3 is 2.51 bits per heavy atom. The number of anilines is 1. The number of fused-ring (bicyclic) bond motifs is 1. The molecule has 0 saturated carbocycles. The van der Waals surface area contributed by atoms with Crippen LogP contribution in [0.25, 0.3) is 22.4 Å². The van der Waals surface area contributed by atoms with Crippen molar-refractivity contribution in [2.75, 3.05) is 25.6 Å². The Morgan fingerprint density at radius 2 is 1.76 bits per heavy atom. The number of methoxy groups -OCH3 is 1. The zero-order chi connectivity index (χ0) is 31.8. The quantitative estimate of drug-likeness (QED) is 0.320. The van der Waals surface area contributed by atoms with Gasteiger partial charge in [0.25, 0.3) is 11.5 Å². The van der Waals surface area contributed by atoms with Crippen molar-refractivity contribution in [3.63, 3.8) is 0 Å². The normalized spacial score (nSPS) is 16.4. The number of nitrogens with one attached hydrogen (secondary N) is 2. The van der Waals surface area contributed by atoms with Crippen molar-refractivity contribution in [3.05, 3.63) is 97.6 Å². The number of halogens is 1. The van der Waals surface area contributed by atoms with Crippen molar-refractivity contribution in [2.45, 2.75) is 44.7 Å². The first-order valence-electron chi connectivity index (χ1n) is 15.1. The molecule has 1 amide bonds. The summed E-state index contributed by atoms with van der Waals surface area (Å²) in [6, 6.07) is 12.8. The van der Waals surface area contributed by atoms with Gasteiger partial charge in [-0.05, 0) is 67.5 Å². The molecule has 0 bridgehead atoms. The van der Waals surface area contributed by atoms with Crippen LogP contribution in [-0.2, 0) is 25.3 Å². The monoisotopic (exact) mass is 613 g/mol. The standard InChI is InChI=1S/C34H36FN5O5/c1-19-22(7-6-10-26(19)37-31(41)25-18-39(2)34(43)40(3)33(25)42)23-8-5-9-24(30(23)35)28-17-20-11-12-27(29(20)32(38-28)44-4)36-21-13-15-45-16-14-21/h5-10,17-18,21,27,36H,11-16H2,1-4H3,(H,37,41)/t27-/m1/s1. The number of ether oxygens (including phenoxy) is 2. The fourth-order valence-electron chi connectivity index (χ4n) is 6.37. The zero-order valence-electron chi connectivity index (χ0n) is 25.8. The van der Waals surface area contributed by atoms with Gasteiger partial charge < -0.3 is 24.7 Å². The van der Waals surface area contributed by atoms with Gasteiger partial charge in [0.15, 0.2) is 0 Å². The van der Waals surface area contributed by atoms with Crippen LogP contribution in [0.15, 0.2) is 58.3 Å². The van der Waals surface area contributed by atoms with Gasteiger partial charge in [-0.2, -0.15) is 0 Å². The van der Waals surface area contributed by atoms with Crippen LogP contribution in [0.3, 0.4) is 0 Å². The number of hydrogen-bond donors (Lipinski definition) is 2. The maximum atomic E-state index is 16.4. The number of aromatic nitrogens is 3. The van der Waals surface area contributed by atoms with Gasteiger partial charge in [0.1, 0.15) is 11.4 Å². The lowest BCUT2D eigenvalue weighted by Gasteiger charge is -2.27. The van der Waals surface area contributed by atoms with Gasteiger partial charge in [-0.15, -0.1) is 0 Å². The molecule has 2 aliphatic rings. The lowest BCUT2D eigenvalue weighted by Crippen LogP contribution is -2.40. The largest absolute Gasteiger partial charge is 0.481 e. The highest BCUT2D eigenvalue weighted by Crippen LogP contribution is 2.41. The Bertz CT molecular complexity index is 1910. The number of carbonyl (C=O) groups is 1. The van der Waals surface area contributed by atoms with E-state index in [1.165, 1.54) is 24.9 Å². The molecular formula is C34H36FN5O5. The molecule has 1 aliphatic carbocycles. The van der Waals surface area contributed by atoms with Crippen LogP contribution in [0.5, 0.6) is 5.88 Å². The minimum atomic E-state index is -0.703. The molecule has 2 N–H and O–H groups in total. The number of benzene rings is 2. The molecule has 2 aromatic heterocycles. The maximum absolute atomic E-state index is 16.4. The third-order valence-corrected chi connectivity index (χ3v) is 8.85. The van der Waals surface area contributed by atoms with Gasteiger partial charge in [0.05, 0.1) is 12.8 Å². The highest BCUT2D eigenvalue weighted by atomic mass is 19.1. The second-order valence-corrected chi connectivity index (χ2v) is 11.6. The van der Waals surface area contributed by atoms with Crippen LogP contribution in [0.2, 0.25) is 0 Å². The summed E-state index contributed by atoms with van der Waals surface area (Å²) >= 11 is 0. The first kappa shape index (κ1) is 30.4. The molecule has 1 atom stereocenters. The van der Waals surface area contributed by atoms with Crippen LogP contribution in [-0.4, -0.2) is 46.4 Å². The topological polar surface area (TPSA) is 116 Å². The third kappa shape index (κ3) is 5.69. The maximum Gasteiger partial charge on any atom is 0.330 e. The smallest absolute Gasteiger partial charge is 0.330 e. The summed E-state index contributed by atoms with van der Waals surface area (Å²) in [6.07, 6.45) is 4.90. The van der Waals surface area contributed by atoms with E-state index in [4.69, 9.17) is 14.5 Å². The molecule has 11 heteroatoms. The Kier molecular flexibility index (Phi) is 8.39. The molecule has 1 saturated heterocycles. The number of hydrogen-bond acceptors (Lipinski definition) is 7. The van der Waals surface area contributed by atoms with Gasteiger partial charge in [0.2, 0.25) is 5.88 Å². The van der Waals surface area contributed by atoms with Gasteiger partial charge in [0, 0.05) is 68.0 Å². The number of carbonyl (C=O) groups excluding carboxylic acids is 1. The van der Waals surface area contributed by atoms with Crippen LogP contribution < -0.4 is 26.6 Å². The number of pyridine rings is 1. The third-order valence-electron chi connectivity index (χ3n) is 8.85. The van der Waals surface area contributed by atoms with Crippen molar-refractivity contribution >= 4 is 11.6 Å². The molecule has 0 unspecified atom stereocenters. The highest BCUT2D eigenvalue weighted by Gasteiger charge is 2.31. The van der Waals surface area contributed by atoms with Gasteiger partial charge in [-0.1, -0.05) is 24.3 Å². The summed E-state index contributed by atoms with van der Waals surface area (Å²) in [5, 5.41) is 6.52. The molecule has 0 radical (unpaired) electrons.